The van der Waals surface area contributed by atoms with Crippen LogP contribution in [0.3, 0.4) is 0 Å². The lowest BCUT2D eigenvalue weighted by Crippen LogP contribution is -2.54. The number of amides is 3. The second kappa shape index (κ2) is 6.89. The largest absolute Gasteiger partial charge is 0.348 e. The van der Waals surface area contributed by atoms with Crippen molar-refractivity contribution in [2.24, 2.45) is 5.92 Å². The zero-order valence-electron chi connectivity index (χ0n) is 16.2. The quantitative estimate of drug-likeness (QED) is 0.648. The van der Waals surface area contributed by atoms with Gasteiger partial charge in [0, 0.05) is 23.5 Å². The molecule has 6 nitrogen and oxygen atoms in total. The van der Waals surface area contributed by atoms with Gasteiger partial charge in [0.15, 0.2) is 5.78 Å². The third kappa shape index (κ3) is 2.85. The van der Waals surface area contributed by atoms with Crippen LogP contribution in [0, 0.1) is 19.8 Å². The monoisotopic (exact) mass is 359 g/mol. The minimum atomic E-state index is -0.811. The van der Waals surface area contributed by atoms with Crippen molar-refractivity contribution in [3.8, 4) is 0 Å². The Balaban J connectivity index is 1.81. The maximum atomic E-state index is 13.0. The number of aromatic nitrogens is 1. The zero-order valence-corrected chi connectivity index (χ0v) is 16.2. The summed E-state index contributed by atoms with van der Waals surface area (Å²) in [6.45, 7) is 8.68. The van der Waals surface area contributed by atoms with Gasteiger partial charge in [0.2, 0.25) is 0 Å². The van der Waals surface area contributed by atoms with Crippen LogP contribution in [0.1, 0.15) is 67.7 Å². The molecule has 1 aromatic rings. The van der Waals surface area contributed by atoms with E-state index >= 15 is 0 Å². The van der Waals surface area contributed by atoms with Crippen molar-refractivity contribution in [2.75, 3.05) is 6.54 Å². The van der Waals surface area contributed by atoms with Crippen LogP contribution in [-0.4, -0.2) is 39.3 Å². The van der Waals surface area contributed by atoms with Crippen LogP contribution >= 0.6 is 0 Å². The van der Waals surface area contributed by atoms with Gasteiger partial charge in [-0.3, -0.25) is 14.5 Å². The number of rotatable bonds is 5. The zero-order chi connectivity index (χ0) is 19.1. The molecule has 3 rings (SSSR count). The molecule has 2 atom stereocenters. The molecule has 2 fully saturated rings. The Labute approximate surface area is 154 Å². The van der Waals surface area contributed by atoms with Crippen molar-refractivity contribution in [3.05, 3.63) is 23.0 Å². The number of nitrogens with zero attached hydrogens (tertiary/aromatic N) is 2. The first kappa shape index (κ1) is 18.7. The van der Waals surface area contributed by atoms with E-state index in [0.717, 1.165) is 48.5 Å². The van der Waals surface area contributed by atoms with Crippen molar-refractivity contribution in [3.63, 3.8) is 0 Å². The Kier molecular flexibility index (Phi) is 4.95. The van der Waals surface area contributed by atoms with Gasteiger partial charge in [0.05, 0.1) is 6.54 Å². The number of imide groups is 1. The summed E-state index contributed by atoms with van der Waals surface area (Å²) in [4.78, 5) is 39.5. The fraction of sp³-hybridized carbons (Fsp3) is 0.650. The molecule has 1 saturated heterocycles. The molecule has 1 aliphatic heterocycles. The van der Waals surface area contributed by atoms with Crippen molar-refractivity contribution in [1.29, 1.82) is 0 Å². The molecule has 3 amide bonds. The van der Waals surface area contributed by atoms with E-state index in [1.54, 1.807) is 0 Å². The summed E-state index contributed by atoms with van der Waals surface area (Å²) in [6.07, 6.45) is 4.57. The molecule has 0 bridgehead atoms. The highest BCUT2D eigenvalue weighted by Crippen LogP contribution is 2.38. The van der Waals surface area contributed by atoms with Crippen LogP contribution in [0.25, 0.3) is 0 Å². The average molecular weight is 359 g/mol. The number of hydrogen-bond donors (Lipinski definition) is 1. The van der Waals surface area contributed by atoms with Gasteiger partial charge in [0.1, 0.15) is 5.54 Å². The standard InChI is InChI=1S/C20H29N3O3/c1-5-10-22-14(3)11-16(15(22)4)17(24)12-23-18(25)20(21-19(23)26)9-7-6-8-13(20)2/h11,13H,5-10,12H2,1-4H3,(H,21,26)/t13-,20-/m0/s1. The number of carbonyl (C=O) groups is 3. The summed E-state index contributed by atoms with van der Waals surface area (Å²) in [5.74, 6) is -0.308. The number of aryl methyl sites for hydroxylation is 1. The van der Waals surface area contributed by atoms with Crippen LogP contribution in [0.4, 0.5) is 4.79 Å². The first-order chi connectivity index (χ1) is 12.3. The van der Waals surface area contributed by atoms with Gasteiger partial charge < -0.3 is 9.88 Å². The predicted molar refractivity (Wildman–Crippen MR) is 99.1 cm³/mol. The van der Waals surface area contributed by atoms with Gasteiger partial charge in [-0.15, -0.1) is 0 Å². The van der Waals surface area contributed by atoms with E-state index in [1.807, 2.05) is 26.8 Å². The number of hydrogen-bond acceptors (Lipinski definition) is 3. The van der Waals surface area contributed by atoms with E-state index in [2.05, 4.69) is 16.8 Å². The van der Waals surface area contributed by atoms with Crippen LogP contribution in [0.15, 0.2) is 6.07 Å². The minimum absolute atomic E-state index is 0.0995. The molecule has 142 valence electrons. The lowest BCUT2D eigenvalue weighted by atomic mass is 9.73. The average Bonchev–Trinajstić information content (AvgIpc) is 3.01. The predicted octanol–water partition coefficient (Wildman–Crippen LogP) is 3.20. The number of urea groups is 1. The van der Waals surface area contributed by atoms with Crippen molar-refractivity contribution in [1.82, 2.24) is 14.8 Å². The third-order valence-electron chi connectivity index (χ3n) is 6.12. The Morgan fingerprint density at radius 1 is 1.31 bits per heavy atom. The van der Waals surface area contributed by atoms with E-state index in [9.17, 15) is 14.4 Å². The molecule has 1 N–H and O–H groups in total. The Morgan fingerprint density at radius 3 is 2.69 bits per heavy atom. The number of nitrogens with one attached hydrogen (secondary N) is 1. The molecule has 2 aliphatic rings. The second-order valence-electron chi connectivity index (χ2n) is 7.80. The van der Waals surface area contributed by atoms with Crippen molar-refractivity contribution >= 4 is 17.7 Å². The number of Topliss-reactive ketones (excluding diaryl/α,β-unsaturated/α-hetero) is 1. The highest BCUT2D eigenvalue weighted by Gasteiger charge is 2.55. The second-order valence-corrected chi connectivity index (χ2v) is 7.80. The SMILES string of the molecule is CCCn1c(C)cc(C(=O)CN2C(=O)N[C@]3(CCCC[C@@H]3C)C2=O)c1C. The van der Waals surface area contributed by atoms with Gasteiger partial charge in [0.25, 0.3) is 5.91 Å². The lowest BCUT2D eigenvalue weighted by molar-refractivity contribution is -0.133. The number of ketones is 1. The van der Waals surface area contributed by atoms with Crippen molar-refractivity contribution < 1.29 is 14.4 Å². The highest BCUT2D eigenvalue weighted by molar-refractivity contribution is 6.11. The molecule has 6 heteroatoms. The van der Waals surface area contributed by atoms with Gasteiger partial charge >= 0.3 is 6.03 Å². The van der Waals surface area contributed by atoms with Gasteiger partial charge in [-0.1, -0.05) is 26.7 Å². The first-order valence-electron chi connectivity index (χ1n) is 9.66. The molecule has 1 spiro atoms. The molecule has 0 aromatic carbocycles. The van der Waals surface area contributed by atoms with Crippen LogP contribution in [0.2, 0.25) is 0 Å². The normalized spacial score (nSPS) is 25.8. The Hall–Kier alpha value is -2.11. The molecule has 1 saturated carbocycles. The van der Waals surface area contributed by atoms with E-state index < -0.39 is 11.6 Å². The topological polar surface area (TPSA) is 71.4 Å². The lowest BCUT2D eigenvalue weighted by Gasteiger charge is -2.36. The molecular formula is C20H29N3O3. The van der Waals surface area contributed by atoms with Crippen LogP contribution in [0.5, 0.6) is 0 Å². The highest BCUT2D eigenvalue weighted by atomic mass is 16.2. The fourth-order valence-corrected chi connectivity index (χ4v) is 4.52. The van der Waals surface area contributed by atoms with Gasteiger partial charge in [-0.25, -0.2) is 4.79 Å². The maximum Gasteiger partial charge on any atom is 0.325 e. The molecule has 0 radical (unpaired) electrons. The molecule has 2 heterocycles. The van der Waals surface area contributed by atoms with E-state index in [0.29, 0.717) is 12.0 Å². The summed E-state index contributed by atoms with van der Waals surface area (Å²) in [5.41, 5.74) is 1.73. The molecule has 1 aliphatic carbocycles. The van der Waals surface area contributed by atoms with Gasteiger partial charge in [-0.05, 0) is 45.1 Å². The fourth-order valence-electron chi connectivity index (χ4n) is 4.52. The van der Waals surface area contributed by atoms with Crippen LogP contribution in [-0.2, 0) is 11.3 Å². The minimum Gasteiger partial charge on any atom is -0.348 e. The van der Waals surface area contributed by atoms with Crippen LogP contribution < -0.4 is 5.32 Å². The summed E-state index contributed by atoms with van der Waals surface area (Å²) in [6, 6.07) is 1.43. The van der Waals surface area contributed by atoms with E-state index in [4.69, 9.17) is 0 Å². The molecule has 0 unspecified atom stereocenters. The first-order valence-corrected chi connectivity index (χ1v) is 9.66. The van der Waals surface area contributed by atoms with E-state index in [1.165, 1.54) is 0 Å². The number of carbonyl (C=O) groups excluding carboxylic acids is 3. The van der Waals surface area contributed by atoms with E-state index in [-0.39, 0.29) is 24.2 Å². The summed E-state index contributed by atoms with van der Waals surface area (Å²) >= 11 is 0. The summed E-state index contributed by atoms with van der Waals surface area (Å²) < 4.78 is 2.11. The van der Waals surface area contributed by atoms with Crippen molar-refractivity contribution in [2.45, 2.75) is 71.9 Å². The maximum absolute atomic E-state index is 13.0. The Morgan fingerprint density at radius 2 is 2.04 bits per heavy atom. The smallest absolute Gasteiger partial charge is 0.325 e. The molecule has 26 heavy (non-hydrogen) atoms. The summed E-state index contributed by atoms with van der Waals surface area (Å²) in [5, 5.41) is 2.91. The molecular weight excluding hydrogens is 330 g/mol. The third-order valence-corrected chi connectivity index (χ3v) is 6.12. The summed E-state index contributed by atoms with van der Waals surface area (Å²) in [7, 11) is 0. The van der Waals surface area contributed by atoms with Gasteiger partial charge in [-0.2, -0.15) is 0 Å². The Bertz CT molecular complexity index is 752. The molecule has 1 aromatic heterocycles.